The van der Waals surface area contributed by atoms with E-state index in [0.29, 0.717) is 58.0 Å². The van der Waals surface area contributed by atoms with Crippen LogP contribution in [0.1, 0.15) is 60.0 Å². The summed E-state index contributed by atoms with van der Waals surface area (Å²) in [6.45, 7) is 4.31. The molecular weight excluding hydrogens is 529 g/mol. The lowest BCUT2D eigenvalue weighted by molar-refractivity contribution is -0.123. The molecule has 0 saturated heterocycles. The van der Waals surface area contributed by atoms with Crippen LogP contribution in [-0.4, -0.2) is 30.7 Å². The molecule has 0 saturated carbocycles. The van der Waals surface area contributed by atoms with Gasteiger partial charge in [-0.3, -0.25) is 9.59 Å². The van der Waals surface area contributed by atoms with Gasteiger partial charge in [-0.15, -0.1) is 0 Å². The number of furan rings is 1. The fraction of sp³-hybridized carbons (Fsp3) is 0.321. The van der Waals surface area contributed by atoms with Crippen molar-refractivity contribution >= 4 is 46.4 Å². The van der Waals surface area contributed by atoms with Crippen molar-refractivity contribution in [1.82, 2.24) is 5.43 Å². The number of amides is 2. The van der Waals surface area contributed by atoms with Gasteiger partial charge in [-0.25, -0.2) is 5.43 Å². The fourth-order valence-corrected chi connectivity index (χ4v) is 4.51. The van der Waals surface area contributed by atoms with Gasteiger partial charge in [0, 0.05) is 28.3 Å². The number of halogens is 2. The van der Waals surface area contributed by atoms with E-state index in [2.05, 4.69) is 22.8 Å². The molecule has 38 heavy (non-hydrogen) atoms. The first kappa shape index (κ1) is 27.5. The molecular formula is C28H29Cl2N3O5. The Hall–Kier alpha value is -3.49. The Labute approximate surface area is 231 Å². The van der Waals surface area contributed by atoms with Gasteiger partial charge in [0.15, 0.2) is 12.4 Å². The first-order chi connectivity index (χ1) is 18.4. The summed E-state index contributed by atoms with van der Waals surface area (Å²) in [4.78, 5) is 25.3. The average Bonchev–Trinajstić information content (AvgIpc) is 3.25. The normalized spacial score (nSPS) is 13.6. The lowest BCUT2D eigenvalue weighted by Gasteiger charge is -2.13. The fourth-order valence-electron chi connectivity index (χ4n) is 4.05. The number of hydrazone groups is 1. The maximum absolute atomic E-state index is 13.0. The van der Waals surface area contributed by atoms with E-state index in [1.165, 1.54) is 6.07 Å². The van der Waals surface area contributed by atoms with E-state index in [4.69, 9.17) is 37.1 Å². The van der Waals surface area contributed by atoms with Crippen molar-refractivity contribution in [2.24, 2.45) is 5.10 Å². The van der Waals surface area contributed by atoms with Crippen LogP contribution >= 0.6 is 23.2 Å². The first-order valence-electron chi connectivity index (χ1n) is 12.5. The minimum atomic E-state index is -0.447. The maximum Gasteiger partial charge on any atom is 0.291 e. The van der Waals surface area contributed by atoms with Crippen molar-refractivity contribution in [3.8, 4) is 11.5 Å². The minimum Gasteiger partial charge on any atom is -0.494 e. The molecule has 1 heterocycles. The smallest absolute Gasteiger partial charge is 0.291 e. The van der Waals surface area contributed by atoms with Gasteiger partial charge in [0.1, 0.15) is 17.3 Å². The molecule has 0 bridgehead atoms. The van der Waals surface area contributed by atoms with Crippen LogP contribution < -0.4 is 20.2 Å². The number of carbonyl (C=O) groups excluding carboxylic acids is 2. The molecule has 0 radical (unpaired) electrons. The van der Waals surface area contributed by atoms with Gasteiger partial charge in [-0.2, -0.15) is 5.10 Å². The van der Waals surface area contributed by atoms with Crippen molar-refractivity contribution in [3.63, 3.8) is 0 Å². The average molecular weight is 558 g/mol. The minimum absolute atomic E-state index is 0.222. The number of unbranched alkanes of at least 4 members (excludes halogenated alkanes) is 1. The van der Waals surface area contributed by atoms with Gasteiger partial charge < -0.3 is 19.2 Å². The van der Waals surface area contributed by atoms with Crippen molar-refractivity contribution < 1.29 is 23.5 Å². The quantitative estimate of drug-likeness (QED) is 0.217. The molecule has 3 aromatic rings. The molecule has 2 amide bonds. The summed E-state index contributed by atoms with van der Waals surface area (Å²) in [5, 5.41) is 7.97. The highest BCUT2D eigenvalue weighted by Crippen LogP contribution is 2.31. The third-order valence-corrected chi connectivity index (χ3v) is 6.51. The van der Waals surface area contributed by atoms with Crippen molar-refractivity contribution in [2.45, 2.75) is 46.0 Å². The summed E-state index contributed by atoms with van der Waals surface area (Å²) in [5.74, 6) is 1.20. The summed E-state index contributed by atoms with van der Waals surface area (Å²) in [7, 11) is 0. The van der Waals surface area contributed by atoms with Crippen LogP contribution in [0.15, 0.2) is 52.0 Å². The zero-order chi connectivity index (χ0) is 27.1. The highest BCUT2D eigenvalue weighted by Gasteiger charge is 2.28. The highest BCUT2D eigenvalue weighted by atomic mass is 35.5. The van der Waals surface area contributed by atoms with E-state index in [1.54, 1.807) is 24.3 Å². The Morgan fingerprint density at radius 1 is 1.08 bits per heavy atom. The van der Waals surface area contributed by atoms with Gasteiger partial charge in [0.05, 0.1) is 17.3 Å². The van der Waals surface area contributed by atoms with Crippen LogP contribution in [0.4, 0.5) is 5.69 Å². The third kappa shape index (κ3) is 6.88. The molecule has 8 nitrogen and oxygen atoms in total. The third-order valence-electron chi connectivity index (χ3n) is 5.98. The number of benzene rings is 2. The van der Waals surface area contributed by atoms with Gasteiger partial charge in [-0.05, 0) is 68.7 Å². The molecule has 0 spiro atoms. The zero-order valence-corrected chi connectivity index (χ0v) is 22.7. The molecule has 0 atom stereocenters. The summed E-state index contributed by atoms with van der Waals surface area (Å²) >= 11 is 12.0. The Morgan fingerprint density at radius 3 is 2.61 bits per heavy atom. The summed E-state index contributed by atoms with van der Waals surface area (Å²) in [6, 6.07) is 12.0. The molecule has 0 unspecified atom stereocenters. The SMILES string of the molecule is CCCCOc1ccc(NC(=O)c2oc3c(c2C)/C(=N/NC(=O)COc2ccc(Cl)cc2Cl)CCC3)cc1. The second-order valence-electron chi connectivity index (χ2n) is 8.85. The number of anilines is 1. The molecule has 10 heteroatoms. The van der Waals surface area contributed by atoms with E-state index in [1.807, 2.05) is 19.1 Å². The largest absolute Gasteiger partial charge is 0.494 e. The maximum atomic E-state index is 13.0. The molecule has 200 valence electrons. The number of ether oxygens (including phenoxy) is 2. The molecule has 2 aromatic carbocycles. The van der Waals surface area contributed by atoms with E-state index in [9.17, 15) is 9.59 Å². The first-order valence-corrected chi connectivity index (χ1v) is 13.2. The van der Waals surface area contributed by atoms with Crippen LogP contribution in [0.25, 0.3) is 0 Å². The second-order valence-corrected chi connectivity index (χ2v) is 9.69. The standard InChI is InChI=1S/C28H29Cl2N3O5/c1-3-4-14-36-20-11-9-19(10-12-20)31-28(35)27-17(2)26-22(6-5-7-24(26)38-27)32-33-25(34)16-37-23-13-8-18(29)15-21(23)30/h8-13,15H,3-7,14,16H2,1-2H3,(H,31,35)(H,33,34)/b32-22+. The Bertz CT molecular complexity index is 1340. The van der Waals surface area contributed by atoms with E-state index in [-0.39, 0.29) is 18.3 Å². The van der Waals surface area contributed by atoms with Crippen molar-refractivity contribution in [2.75, 3.05) is 18.5 Å². The Morgan fingerprint density at radius 2 is 1.87 bits per heavy atom. The van der Waals surface area contributed by atoms with E-state index >= 15 is 0 Å². The summed E-state index contributed by atoms with van der Waals surface area (Å²) < 4.78 is 17.1. The molecule has 1 aliphatic rings. The van der Waals surface area contributed by atoms with E-state index < -0.39 is 5.91 Å². The summed E-state index contributed by atoms with van der Waals surface area (Å²) in [5.41, 5.74) is 5.24. The zero-order valence-electron chi connectivity index (χ0n) is 21.2. The number of hydrogen-bond acceptors (Lipinski definition) is 6. The van der Waals surface area contributed by atoms with Crippen LogP contribution in [0, 0.1) is 6.92 Å². The molecule has 1 aliphatic carbocycles. The monoisotopic (exact) mass is 557 g/mol. The number of nitrogens with zero attached hydrogens (tertiary/aromatic N) is 1. The van der Waals surface area contributed by atoms with Crippen molar-refractivity contribution in [1.29, 1.82) is 0 Å². The molecule has 2 N–H and O–H groups in total. The predicted octanol–water partition coefficient (Wildman–Crippen LogP) is 6.56. The van der Waals surface area contributed by atoms with Crippen LogP contribution in [0.2, 0.25) is 10.0 Å². The predicted molar refractivity (Wildman–Crippen MR) is 148 cm³/mol. The summed E-state index contributed by atoms with van der Waals surface area (Å²) in [6.07, 6.45) is 4.15. The topological polar surface area (TPSA) is 102 Å². The Balaban J connectivity index is 1.39. The highest BCUT2D eigenvalue weighted by molar-refractivity contribution is 6.35. The molecule has 0 aliphatic heterocycles. The van der Waals surface area contributed by atoms with Crippen LogP contribution in [-0.2, 0) is 11.2 Å². The van der Waals surface area contributed by atoms with Crippen molar-refractivity contribution in [3.05, 3.63) is 75.2 Å². The van der Waals surface area contributed by atoms with Crippen LogP contribution in [0.3, 0.4) is 0 Å². The van der Waals surface area contributed by atoms with Gasteiger partial charge in [-0.1, -0.05) is 36.5 Å². The lowest BCUT2D eigenvalue weighted by Crippen LogP contribution is -2.27. The number of aryl methyl sites for hydroxylation is 1. The molecule has 4 rings (SSSR count). The Kier molecular flexibility index (Phi) is 9.31. The second kappa shape index (κ2) is 12.8. The number of carbonyl (C=O) groups is 2. The van der Waals surface area contributed by atoms with E-state index in [0.717, 1.165) is 30.6 Å². The number of rotatable bonds is 10. The van der Waals surface area contributed by atoms with Crippen LogP contribution in [0.5, 0.6) is 11.5 Å². The number of nitrogens with one attached hydrogen (secondary N) is 2. The molecule has 1 aromatic heterocycles. The number of hydrogen-bond donors (Lipinski definition) is 2. The lowest BCUT2D eigenvalue weighted by atomic mass is 9.93. The molecule has 0 fully saturated rings. The van der Waals surface area contributed by atoms with Gasteiger partial charge in [0.2, 0.25) is 0 Å². The number of fused-ring (bicyclic) bond motifs is 1. The van der Waals surface area contributed by atoms with Gasteiger partial charge in [0.25, 0.3) is 11.8 Å². The van der Waals surface area contributed by atoms with Gasteiger partial charge >= 0.3 is 0 Å².